The fourth-order valence-corrected chi connectivity index (χ4v) is 6.78. The van der Waals surface area contributed by atoms with E-state index in [4.69, 9.17) is 19.5 Å². The van der Waals surface area contributed by atoms with Crippen LogP contribution in [0.25, 0.3) is 11.2 Å². The third-order valence-corrected chi connectivity index (χ3v) is 8.92. The Morgan fingerprint density at radius 1 is 1.24 bits per heavy atom. The van der Waals surface area contributed by atoms with Crippen molar-refractivity contribution in [1.82, 2.24) is 30.2 Å². The van der Waals surface area contributed by atoms with E-state index in [1.165, 1.54) is 17.2 Å². The fourth-order valence-electron chi connectivity index (χ4n) is 4.58. The van der Waals surface area contributed by atoms with Gasteiger partial charge in [-0.15, -0.1) is 0 Å². The van der Waals surface area contributed by atoms with Crippen molar-refractivity contribution in [3.05, 3.63) is 24.8 Å². The number of thioether (sulfide) groups is 1. The zero-order chi connectivity index (χ0) is 26.2. The van der Waals surface area contributed by atoms with Crippen molar-refractivity contribution in [2.75, 3.05) is 24.7 Å². The molecular weight excluding hydrogens is 529 g/mol. The highest BCUT2D eigenvalue weighted by Gasteiger charge is 2.45. The number of phosphoric acid groups is 1. The van der Waals surface area contributed by atoms with Crippen LogP contribution in [-0.2, 0) is 18.3 Å². The number of aliphatic hydroxyl groups excluding tert-OH is 2. The van der Waals surface area contributed by atoms with E-state index in [0.717, 1.165) is 18.6 Å². The summed E-state index contributed by atoms with van der Waals surface area (Å²) in [5.41, 5.74) is 6.38. The molecule has 3 aliphatic rings. The number of hydrogen-bond donors (Lipinski definition) is 6. The number of imidazole rings is 1. The lowest BCUT2D eigenvalue weighted by molar-refractivity contribution is -0.0511. The zero-order valence-corrected chi connectivity index (χ0v) is 21.2. The van der Waals surface area contributed by atoms with Crippen molar-refractivity contribution in [3.63, 3.8) is 0 Å². The Bertz CT molecular complexity index is 1220. The molecule has 1 unspecified atom stereocenters. The van der Waals surface area contributed by atoms with Crippen LogP contribution in [0.2, 0.25) is 0 Å². The molecule has 17 heteroatoms. The largest absolute Gasteiger partial charge is 0.472 e. The lowest BCUT2D eigenvalue weighted by Crippen LogP contribution is -2.36. The third-order valence-electron chi connectivity index (χ3n) is 6.46. The van der Waals surface area contributed by atoms with Gasteiger partial charge in [0.1, 0.15) is 30.2 Å². The second-order valence-corrected chi connectivity index (χ2v) is 11.6. The molecule has 7 N–H and O–H groups in total. The van der Waals surface area contributed by atoms with Crippen molar-refractivity contribution < 1.29 is 38.3 Å². The van der Waals surface area contributed by atoms with Gasteiger partial charge in [0.15, 0.2) is 17.7 Å². The van der Waals surface area contributed by atoms with E-state index in [9.17, 15) is 24.5 Å². The average Bonchev–Trinajstić information content (AvgIpc) is 3.60. The van der Waals surface area contributed by atoms with Gasteiger partial charge in [0.2, 0.25) is 0 Å². The minimum Gasteiger partial charge on any atom is -0.387 e. The highest BCUT2D eigenvalue weighted by atomic mass is 32.2. The van der Waals surface area contributed by atoms with Gasteiger partial charge in [-0.2, -0.15) is 11.8 Å². The van der Waals surface area contributed by atoms with E-state index >= 15 is 0 Å². The highest BCUT2D eigenvalue weighted by molar-refractivity contribution is 8.00. The highest BCUT2D eigenvalue weighted by Crippen LogP contribution is 2.44. The van der Waals surface area contributed by atoms with Crippen LogP contribution < -0.4 is 16.4 Å². The van der Waals surface area contributed by atoms with Crippen molar-refractivity contribution >= 4 is 42.6 Å². The maximum atomic E-state index is 12.3. The van der Waals surface area contributed by atoms with Gasteiger partial charge in [-0.1, -0.05) is 12.2 Å². The first-order valence-electron chi connectivity index (χ1n) is 11.6. The number of nitrogens with one attached hydrogen (secondary N) is 2. The van der Waals surface area contributed by atoms with E-state index in [-0.39, 0.29) is 30.5 Å². The van der Waals surface area contributed by atoms with Crippen LogP contribution in [0.4, 0.5) is 10.6 Å². The molecule has 3 saturated heterocycles. The van der Waals surface area contributed by atoms with Crippen LogP contribution in [-0.4, -0.2) is 95.3 Å². The van der Waals surface area contributed by atoms with Crippen molar-refractivity contribution in [3.8, 4) is 0 Å². The lowest BCUT2D eigenvalue weighted by atomic mass is 10.0. The van der Waals surface area contributed by atoms with E-state index in [2.05, 4.69) is 25.6 Å². The van der Waals surface area contributed by atoms with Crippen LogP contribution in [0.1, 0.15) is 19.1 Å². The molecule has 202 valence electrons. The maximum absolute atomic E-state index is 12.3. The van der Waals surface area contributed by atoms with E-state index in [1.54, 1.807) is 6.08 Å². The number of urea groups is 1. The van der Waals surface area contributed by atoms with Crippen LogP contribution >= 0.6 is 19.6 Å². The Morgan fingerprint density at radius 3 is 2.92 bits per heavy atom. The summed E-state index contributed by atoms with van der Waals surface area (Å²) >= 11 is 1.81. The molecule has 2 aromatic rings. The van der Waals surface area contributed by atoms with Crippen molar-refractivity contribution in [1.29, 1.82) is 0 Å². The standard InChI is InChI=1S/C20H28N7O8PS/c21-17-14-18(23-8-22-17)27(9-24-14)19-16(29)15(28)11(35-19)6-34-36(31,32)33-5-3-1-2-4-12-13-10(7-37-12)25-20(30)26-13/h1,3,8-13,15-16,19,28-29H,2,4-7H2,(H,31,32)(H2,21,22,23)(H2,25,26,30)/b3-1+/t10-,11+,12-,13-,15+,16+,19+/m0/s1. The Balaban J connectivity index is 1.06. The molecule has 5 rings (SSSR count). The number of aromatic nitrogens is 4. The lowest BCUT2D eigenvalue weighted by Gasteiger charge is -2.17. The maximum Gasteiger partial charge on any atom is 0.472 e. The van der Waals surface area contributed by atoms with Crippen LogP contribution in [0, 0.1) is 0 Å². The quantitative estimate of drug-likeness (QED) is 0.125. The molecule has 15 nitrogen and oxygen atoms in total. The number of ether oxygens (including phenoxy) is 1. The molecule has 3 aliphatic heterocycles. The fraction of sp³-hybridized carbons (Fsp3) is 0.600. The van der Waals surface area contributed by atoms with Gasteiger partial charge in [-0.05, 0) is 12.8 Å². The number of anilines is 1. The molecule has 2 amide bonds. The van der Waals surface area contributed by atoms with Crippen molar-refractivity contribution in [2.45, 2.75) is 54.7 Å². The first kappa shape index (κ1) is 26.3. The smallest absolute Gasteiger partial charge is 0.387 e. The first-order chi connectivity index (χ1) is 17.7. The summed E-state index contributed by atoms with van der Waals surface area (Å²) in [5, 5.41) is 27.0. The predicted molar refractivity (Wildman–Crippen MR) is 131 cm³/mol. The first-order valence-corrected chi connectivity index (χ1v) is 14.2. The molecule has 3 fully saturated rings. The van der Waals surface area contributed by atoms with Gasteiger partial charge >= 0.3 is 13.9 Å². The molecule has 5 heterocycles. The number of nitrogens with zero attached hydrogens (tertiary/aromatic N) is 4. The number of hydrogen-bond acceptors (Lipinski definition) is 12. The van der Waals surface area contributed by atoms with Gasteiger partial charge < -0.3 is 36.2 Å². The molecule has 2 aromatic heterocycles. The Hall–Kier alpha value is -2.30. The number of carbonyl (C=O) groups is 1. The SMILES string of the molecule is Nc1ncnc2c1ncn2[C@@H]1O[C@H](COP(=O)(O)OC/C=C/CC[C@@H]2SC[C@@H]3NC(=O)N[C@@H]32)[C@@H](O)[C@H]1O. The number of aliphatic hydroxyl groups is 2. The summed E-state index contributed by atoms with van der Waals surface area (Å²) in [5.74, 6) is 1.03. The number of phosphoric ester groups is 1. The number of carbonyl (C=O) groups excluding carboxylic acids is 1. The summed E-state index contributed by atoms with van der Waals surface area (Å²) in [6.07, 6.45) is 2.62. The summed E-state index contributed by atoms with van der Waals surface area (Å²) < 4.78 is 29.3. The third kappa shape index (κ3) is 5.61. The normalized spacial score (nSPS) is 33.1. The number of rotatable bonds is 10. The average molecular weight is 558 g/mol. The van der Waals surface area contributed by atoms with Crippen LogP contribution in [0.3, 0.4) is 0 Å². The van der Waals surface area contributed by atoms with Gasteiger partial charge in [0.25, 0.3) is 0 Å². The van der Waals surface area contributed by atoms with Gasteiger partial charge in [-0.25, -0.2) is 24.3 Å². The number of amides is 2. The Kier molecular flexibility index (Phi) is 7.70. The monoisotopic (exact) mass is 557 g/mol. The molecule has 0 saturated carbocycles. The second kappa shape index (κ2) is 10.8. The Morgan fingerprint density at radius 2 is 2.08 bits per heavy atom. The molecule has 8 atom stereocenters. The number of fused-ring (bicyclic) bond motifs is 2. The van der Waals surface area contributed by atoms with Crippen LogP contribution in [0.5, 0.6) is 0 Å². The predicted octanol–water partition coefficient (Wildman–Crippen LogP) is -0.337. The summed E-state index contributed by atoms with van der Waals surface area (Å²) in [6, 6.07) is 0.162. The summed E-state index contributed by atoms with van der Waals surface area (Å²) in [6.45, 7) is -0.658. The minimum absolute atomic E-state index is 0.124. The molecule has 0 spiro atoms. The number of allylic oxidation sites excluding steroid dienone is 1. The zero-order valence-electron chi connectivity index (χ0n) is 19.5. The number of nitrogens with two attached hydrogens (primary N) is 1. The van der Waals surface area contributed by atoms with Gasteiger partial charge in [0, 0.05) is 11.0 Å². The second-order valence-electron chi connectivity index (χ2n) is 8.86. The van der Waals surface area contributed by atoms with E-state index in [0.29, 0.717) is 16.4 Å². The van der Waals surface area contributed by atoms with Crippen LogP contribution in [0.15, 0.2) is 24.8 Å². The topological polar surface area (TPSA) is 216 Å². The molecule has 37 heavy (non-hydrogen) atoms. The van der Waals surface area contributed by atoms with Gasteiger partial charge in [-0.3, -0.25) is 13.6 Å². The molecular formula is C20H28N7O8PS. The van der Waals surface area contributed by atoms with Crippen molar-refractivity contribution in [2.24, 2.45) is 0 Å². The summed E-state index contributed by atoms with van der Waals surface area (Å²) in [4.78, 5) is 33.5. The van der Waals surface area contributed by atoms with Gasteiger partial charge in [0.05, 0.1) is 31.6 Å². The van der Waals surface area contributed by atoms with E-state index < -0.39 is 39.0 Å². The molecule has 0 radical (unpaired) electrons. The molecule has 0 bridgehead atoms. The molecule has 0 aliphatic carbocycles. The molecule has 0 aromatic carbocycles. The van der Waals surface area contributed by atoms with E-state index in [1.807, 2.05) is 17.8 Å². The summed E-state index contributed by atoms with van der Waals surface area (Å²) in [7, 11) is -4.45. The minimum atomic E-state index is -4.45. The Labute approximate surface area is 215 Å². The number of nitrogen functional groups attached to an aromatic ring is 1.